The van der Waals surface area contributed by atoms with Crippen LogP contribution in [0.2, 0.25) is 0 Å². The van der Waals surface area contributed by atoms with Crippen LogP contribution < -0.4 is 5.54 Å². The minimum Gasteiger partial charge on any atom is -0.153 e. The first-order valence-electron chi connectivity index (χ1n) is 4.22. The van der Waals surface area contributed by atoms with E-state index in [1.807, 2.05) is 5.54 Å². The van der Waals surface area contributed by atoms with E-state index in [-0.39, 0.29) is 5.54 Å². The zero-order valence-electron chi connectivity index (χ0n) is 6.20. The van der Waals surface area contributed by atoms with Gasteiger partial charge in [-0.1, -0.05) is 0 Å². The highest BCUT2D eigenvalue weighted by molar-refractivity contribution is 4.95. The second kappa shape index (κ2) is 2.19. The van der Waals surface area contributed by atoms with Crippen molar-refractivity contribution < 1.29 is 4.48 Å². The normalized spacial score (nSPS) is 45.9. The Bertz CT molecular complexity index is 113. The molecule has 10 heavy (non-hydrogen) atoms. The molecule has 3 fully saturated rings. The van der Waals surface area contributed by atoms with Crippen molar-refractivity contribution in [1.29, 1.82) is 0 Å². The predicted octanol–water partition coefficient (Wildman–Crippen LogP) is 2.18. The fourth-order valence-corrected chi connectivity index (χ4v) is 2.39. The Morgan fingerprint density at radius 3 is 1.90 bits per heavy atom. The second-order valence-corrected chi connectivity index (χ2v) is 3.86. The molecule has 0 heterocycles. The Morgan fingerprint density at radius 1 is 1.10 bits per heavy atom. The predicted molar refractivity (Wildman–Crippen MR) is 38.2 cm³/mol. The third-order valence-electron chi connectivity index (χ3n) is 3.29. The van der Waals surface area contributed by atoms with Crippen LogP contribution in [0.5, 0.6) is 0 Å². The SMILES string of the molecule is FNC12CCC(CC1)CC2. The molecule has 3 aliphatic rings. The van der Waals surface area contributed by atoms with Crippen LogP contribution >= 0.6 is 0 Å². The molecule has 0 aromatic rings. The average Bonchev–Trinajstić information content (AvgIpc) is 2.08. The molecule has 0 aromatic carbocycles. The van der Waals surface area contributed by atoms with E-state index >= 15 is 0 Å². The Labute approximate surface area is 60.9 Å². The second-order valence-electron chi connectivity index (χ2n) is 3.86. The van der Waals surface area contributed by atoms with Gasteiger partial charge in [-0.3, -0.25) is 0 Å². The van der Waals surface area contributed by atoms with Crippen molar-refractivity contribution >= 4 is 0 Å². The first-order chi connectivity index (χ1) is 4.85. The summed E-state index contributed by atoms with van der Waals surface area (Å²) < 4.78 is 12.3. The summed E-state index contributed by atoms with van der Waals surface area (Å²) in [5.74, 6) is 0.926. The first kappa shape index (κ1) is 6.59. The van der Waals surface area contributed by atoms with Crippen LogP contribution in [0.1, 0.15) is 38.5 Å². The van der Waals surface area contributed by atoms with Crippen molar-refractivity contribution in [2.24, 2.45) is 5.92 Å². The van der Waals surface area contributed by atoms with Gasteiger partial charge in [0.25, 0.3) is 0 Å². The van der Waals surface area contributed by atoms with Gasteiger partial charge >= 0.3 is 0 Å². The molecule has 1 nitrogen and oxygen atoms in total. The number of hydrogen-bond acceptors (Lipinski definition) is 1. The molecule has 58 valence electrons. The van der Waals surface area contributed by atoms with Gasteiger partial charge in [0.05, 0.1) is 0 Å². The molecule has 1 N–H and O–H groups in total. The molecule has 0 amide bonds. The maximum atomic E-state index is 12.3. The van der Waals surface area contributed by atoms with Crippen LogP contribution in [-0.4, -0.2) is 5.54 Å². The highest BCUT2D eigenvalue weighted by Crippen LogP contribution is 2.43. The molecule has 3 aliphatic carbocycles. The number of rotatable bonds is 1. The summed E-state index contributed by atoms with van der Waals surface area (Å²) >= 11 is 0. The summed E-state index contributed by atoms with van der Waals surface area (Å²) in [6.45, 7) is 0. The highest BCUT2D eigenvalue weighted by atomic mass is 19.2. The van der Waals surface area contributed by atoms with Gasteiger partial charge in [0.15, 0.2) is 0 Å². The number of fused-ring (bicyclic) bond motifs is 3. The molecule has 3 rings (SSSR count). The lowest BCUT2D eigenvalue weighted by molar-refractivity contribution is 0.0460. The van der Waals surface area contributed by atoms with Crippen LogP contribution in [0.15, 0.2) is 0 Å². The zero-order valence-corrected chi connectivity index (χ0v) is 6.20. The fraction of sp³-hybridized carbons (Fsp3) is 1.00. The van der Waals surface area contributed by atoms with Gasteiger partial charge in [-0.25, -0.2) is 0 Å². The lowest BCUT2D eigenvalue weighted by Gasteiger charge is -2.44. The van der Waals surface area contributed by atoms with E-state index in [0.717, 1.165) is 25.2 Å². The zero-order chi connectivity index (χ0) is 7.03. The molecule has 0 atom stereocenters. The summed E-state index contributed by atoms with van der Waals surface area (Å²) in [6.07, 6.45) is 6.93. The topological polar surface area (TPSA) is 12.0 Å². The van der Waals surface area contributed by atoms with Crippen molar-refractivity contribution in [3.63, 3.8) is 0 Å². The van der Waals surface area contributed by atoms with Gasteiger partial charge < -0.3 is 0 Å². The molecule has 0 aliphatic heterocycles. The molecule has 3 saturated carbocycles. The smallest absolute Gasteiger partial charge is 0.0482 e. The molecular formula is C8H14FN. The van der Waals surface area contributed by atoms with Crippen molar-refractivity contribution in [2.45, 2.75) is 44.1 Å². The van der Waals surface area contributed by atoms with E-state index in [9.17, 15) is 4.48 Å². The van der Waals surface area contributed by atoms with Gasteiger partial charge in [0.1, 0.15) is 0 Å². The monoisotopic (exact) mass is 143 g/mol. The van der Waals surface area contributed by atoms with Crippen molar-refractivity contribution in [3.05, 3.63) is 0 Å². The average molecular weight is 143 g/mol. The van der Waals surface area contributed by atoms with Gasteiger partial charge in [-0.15, -0.1) is 4.48 Å². The molecule has 0 unspecified atom stereocenters. The van der Waals surface area contributed by atoms with Crippen LogP contribution in [0.25, 0.3) is 0 Å². The summed E-state index contributed by atoms with van der Waals surface area (Å²) in [5.41, 5.74) is 1.92. The third-order valence-corrected chi connectivity index (χ3v) is 3.29. The molecule has 0 aromatic heterocycles. The van der Waals surface area contributed by atoms with Crippen LogP contribution in [0.3, 0.4) is 0 Å². The molecule has 0 spiro atoms. The lowest BCUT2D eigenvalue weighted by Crippen LogP contribution is -2.48. The Kier molecular flexibility index (Phi) is 1.44. The van der Waals surface area contributed by atoms with Crippen LogP contribution in [0.4, 0.5) is 4.48 Å². The highest BCUT2D eigenvalue weighted by Gasteiger charge is 2.40. The van der Waals surface area contributed by atoms with Crippen LogP contribution in [0, 0.1) is 5.92 Å². The molecule has 2 heteroatoms. The summed E-state index contributed by atoms with van der Waals surface area (Å²) in [7, 11) is 0. The van der Waals surface area contributed by atoms with E-state index in [0.29, 0.717) is 0 Å². The largest absolute Gasteiger partial charge is 0.153 e. The quantitative estimate of drug-likeness (QED) is 0.555. The Balaban J connectivity index is 2.08. The van der Waals surface area contributed by atoms with E-state index in [2.05, 4.69) is 0 Å². The fourth-order valence-electron chi connectivity index (χ4n) is 2.39. The maximum Gasteiger partial charge on any atom is 0.0482 e. The summed E-state index contributed by atoms with van der Waals surface area (Å²) in [5, 5.41) is 0. The maximum absolute atomic E-state index is 12.3. The van der Waals surface area contributed by atoms with E-state index in [1.54, 1.807) is 0 Å². The van der Waals surface area contributed by atoms with E-state index in [4.69, 9.17) is 0 Å². The first-order valence-corrected chi connectivity index (χ1v) is 4.22. The molecule has 0 radical (unpaired) electrons. The molecule has 0 saturated heterocycles. The minimum absolute atomic E-state index is 0.0885. The van der Waals surface area contributed by atoms with Gasteiger partial charge in [0.2, 0.25) is 0 Å². The van der Waals surface area contributed by atoms with E-state index < -0.39 is 0 Å². The van der Waals surface area contributed by atoms with Gasteiger partial charge in [-0.2, -0.15) is 5.54 Å². The van der Waals surface area contributed by atoms with Crippen molar-refractivity contribution in [3.8, 4) is 0 Å². The third kappa shape index (κ3) is 0.858. The van der Waals surface area contributed by atoms with Gasteiger partial charge in [-0.05, 0) is 44.4 Å². The number of nitrogens with one attached hydrogen (secondary N) is 1. The Hall–Kier alpha value is -0.110. The number of halogens is 1. The standard InChI is InChI=1S/C8H14FN/c9-10-8-4-1-7(2-5-8)3-6-8/h7,10H,1-6H2. The van der Waals surface area contributed by atoms with Crippen molar-refractivity contribution in [2.75, 3.05) is 0 Å². The minimum atomic E-state index is -0.0885. The Morgan fingerprint density at radius 2 is 1.60 bits per heavy atom. The number of hydrogen-bond donors (Lipinski definition) is 1. The van der Waals surface area contributed by atoms with Crippen LogP contribution in [-0.2, 0) is 0 Å². The van der Waals surface area contributed by atoms with Gasteiger partial charge in [0, 0.05) is 5.54 Å². The van der Waals surface area contributed by atoms with Crippen molar-refractivity contribution in [1.82, 2.24) is 5.54 Å². The summed E-state index contributed by atoms with van der Waals surface area (Å²) in [6, 6.07) is 0. The lowest BCUT2D eigenvalue weighted by atomic mass is 9.66. The van der Waals surface area contributed by atoms with E-state index in [1.165, 1.54) is 19.3 Å². The summed E-state index contributed by atoms with van der Waals surface area (Å²) in [4.78, 5) is 0. The molecular weight excluding hydrogens is 129 g/mol. The molecule has 2 bridgehead atoms.